The smallest absolute Gasteiger partial charge is 0.308 e. The predicted octanol–water partition coefficient (Wildman–Crippen LogP) is 0.885. The maximum absolute atomic E-state index is 12.1. The van der Waals surface area contributed by atoms with Gasteiger partial charge in [0.15, 0.2) is 0 Å². The molecule has 0 bridgehead atoms. The van der Waals surface area contributed by atoms with Gasteiger partial charge >= 0.3 is 5.97 Å². The molecule has 6 heteroatoms. The number of carbonyl (C=O) groups is 2. The zero-order valence-electron chi connectivity index (χ0n) is 11.9. The van der Waals surface area contributed by atoms with E-state index in [2.05, 4.69) is 9.72 Å². The van der Waals surface area contributed by atoms with E-state index in [0.717, 1.165) is 5.56 Å². The van der Waals surface area contributed by atoms with Crippen molar-refractivity contribution in [1.29, 1.82) is 0 Å². The molecule has 1 aromatic rings. The summed E-state index contributed by atoms with van der Waals surface area (Å²) in [5.41, 5.74) is 0.866. The fourth-order valence-electron chi connectivity index (χ4n) is 2.06. The van der Waals surface area contributed by atoms with Crippen molar-refractivity contribution in [2.24, 2.45) is 0 Å². The van der Waals surface area contributed by atoms with Crippen molar-refractivity contribution in [3.63, 3.8) is 0 Å². The van der Waals surface area contributed by atoms with Gasteiger partial charge in [-0.1, -0.05) is 6.07 Å². The highest BCUT2D eigenvalue weighted by Crippen LogP contribution is 2.10. The van der Waals surface area contributed by atoms with Gasteiger partial charge in [0.25, 0.3) is 0 Å². The lowest BCUT2D eigenvalue weighted by Crippen LogP contribution is -2.45. The van der Waals surface area contributed by atoms with Crippen molar-refractivity contribution in [2.75, 3.05) is 26.8 Å². The molecule has 1 atom stereocenters. The Morgan fingerprint density at radius 1 is 1.57 bits per heavy atom. The summed E-state index contributed by atoms with van der Waals surface area (Å²) >= 11 is 0. The number of carbonyl (C=O) groups excluding carboxylic acids is 2. The Morgan fingerprint density at radius 2 is 2.43 bits per heavy atom. The summed E-state index contributed by atoms with van der Waals surface area (Å²) in [4.78, 5) is 29.0. The van der Waals surface area contributed by atoms with E-state index in [1.807, 2.05) is 12.1 Å². The summed E-state index contributed by atoms with van der Waals surface area (Å²) in [5, 5.41) is 0. The van der Waals surface area contributed by atoms with Crippen LogP contribution in [0.25, 0.3) is 6.08 Å². The van der Waals surface area contributed by atoms with Crippen LogP contribution in [-0.2, 0) is 19.1 Å². The second-order valence-corrected chi connectivity index (χ2v) is 4.68. The van der Waals surface area contributed by atoms with Crippen LogP contribution in [0.2, 0.25) is 0 Å². The summed E-state index contributed by atoms with van der Waals surface area (Å²) in [6, 6.07) is 3.68. The van der Waals surface area contributed by atoms with Gasteiger partial charge in [0.2, 0.25) is 5.91 Å². The number of pyridine rings is 1. The molecular weight excluding hydrogens is 272 g/mol. The number of hydrogen-bond donors (Lipinski definition) is 0. The SMILES string of the molecule is COC(=O)CC1CN(C(=O)/C=C/c2cccnc2)CCO1. The molecule has 0 saturated carbocycles. The summed E-state index contributed by atoms with van der Waals surface area (Å²) in [5.74, 6) is -0.433. The average Bonchev–Trinajstić information content (AvgIpc) is 2.53. The Kier molecular flexibility index (Phi) is 5.45. The molecule has 1 unspecified atom stereocenters. The molecule has 2 heterocycles. The number of amides is 1. The van der Waals surface area contributed by atoms with Crippen molar-refractivity contribution in [3.8, 4) is 0 Å². The molecular formula is C15H18N2O4. The van der Waals surface area contributed by atoms with E-state index in [4.69, 9.17) is 4.74 Å². The van der Waals surface area contributed by atoms with Gasteiger partial charge in [0, 0.05) is 31.6 Å². The van der Waals surface area contributed by atoms with Gasteiger partial charge < -0.3 is 14.4 Å². The Morgan fingerprint density at radius 3 is 3.14 bits per heavy atom. The third-order valence-corrected chi connectivity index (χ3v) is 3.18. The van der Waals surface area contributed by atoms with Crippen LogP contribution in [0.5, 0.6) is 0 Å². The lowest BCUT2D eigenvalue weighted by molar-refractivity contribution is -0.148. The van der Waals surface area contributed by atoms with Crippen LogP contribution in [0, 0.1) is 0 Å². The minimum Gasteiger partial charge on any atom is -0.469 e. The molecule has 0 radical (unpaired) electrons. The second kappa shape index (κ2) is 7.54. The van der Waals surface area contributed by atoms with Gasteiger partial charge in [-0.2, -0.15) is 0 Å². The van der Waals surface area contributed by atoms with Crippen LogP contribution in [0.15, 0.2) is 30.6 Å². The van der Waals surface area contributed by atoms with Crippen LogP contribution >= 0.6 is 0 Å². The number of rotatable bonds is 4. The van der Waals surface area contributed by atoms with Crippen molar-refractivity contribution in [1.82, 2.24) is 9.88 Å². The molecule has 0 aromatic carbocycles. The maximum Gasteiger partial charge on any atom is 0.308 e. The molecule has 0 N–H and O–H groups in total. The van der Waals surface area contributed by atoms with Gasteiger partial charge in [0.05, 0.1) is 26.2 Å². The fraction of sp³-hybridized carbons (Fsp3) is 0.400. The van der Waals surface area contributed by atoms with Crippen LogP contribution < -0.4 is 0 Å². The molecule has 112 valence electrons. The van der Waals surface area contributed by atoms with E-state index in [1.54, 1.807) is 23.4 Å². The van der Waals surface area contributed by atoms with Gasteiger partial charge in [-0.3, -0.25) is 14.6 Å². The molecule has 0 spiro atoms. The first kappa shape index (κ1) is 15.2. The zero-order chi connectivity index (χ0) is 15.1. The third kappa shape index (κ3) is 4.68. The Hall–Kier alpha value is -2.21. The van der Waals surface area contributed by atoms with Gasteiger partial charge in [-0.05, 0) is 17.7 Å². The van der Waals surface area contributed by atoms with Crippen molar-refractivity contribution in [2.45, 2.75) is 12.5 Å². The molecule has 1 aromatic heterocycles. The Balaban J connectivity index is 1.90. The van der Waals surface area contributed by atoms with Crippen LogP contribution in [0.4, 0.5) is 0 Å². The molecule has 0 aliphatic carbocycles. The number of nitrogens with zero attached hydrogens (tertiary/aromatic N) is 2. The first-order chi connectivity index (χ1) is 10.2. The lowest BCUT2D eigenvalue weighted by Gasteiger charge is -2.31. The fourth-order valence-corrected chi connectivity index (χ4v) is 2.06. The summed E-state index contributed by atoms with van der Waals surface area (Å²) in [6.45, 7) is 1.34. The number of morpholine rings is 1. The Bertz CT molecular complexity index is 516. The molecule has 6 nitrogen and oxygen atoms in total. The minimum atomic E-state index is -0.333. The summed E-state index contributed by atoms with van der Waals surface area (Å²) < 4.78 is 10.1. The maximum atomic E-state index is 12.1. The topological polar surface area (TPSA) is 68.7 Å². The van der Waals surface area contributed by atoms with Crippen LogP contribution in [0.3, 0.4) is 0 Å². The lowest BCUT2D eigenvalue weighted by atomic mass is 10.2. The summed E-state index contributed by atoms with van der Waals surface area (Å²) in [7, 11) is 1.34. The first-order valence-corrected chi connectivity index (χ1v) is 6.74. The van der Waals surface area contributed by atoms with Gasteiger partial charge in [-0.25, -0.2) is 0 Å². The molecule has 1 fully saturated rings. The van der Waals surface area contributed by atoms with E-state index < -0.39 is 0 Å². The highest BCUT2D eigenvalue weighted by molar-refractivity contribution is 5.91. The van der Waals surface area contributed by atoms with Crippen molar-refractivity contribution < 1.29 is 19.1 Å². The monoisotopic (exact) mass is 290 g/mol. The second-order valence-electron chi connectivity index (χ2n) is 4.68. The first-order valence-electron chi connectivity index (χ1n) is 6.74. The number of aromatic nitrogens is 1. The molecule has 1 aliphatic heterocycles. The van der Waals surface area contributed by atoms with E-state index in [1.165, 1.54) is 13.2 Å². The van der Waals surface area contributed by atoms with E-state index >= 15 is 0 Å². The molecule has 2 rings (SSSR count). The highest BCUT2D eigenvalue weighted by atomic mass is 16.5. The number of esters is 1. The summed E-state index contributed by atoms with van der Waals surface area (Å²) in [6.07, 6.45) is 6.45. The number of hydrogen-bond acceptors (Lipinski definition) is 5. The number of ether oxygens (including phenoxy) is 2. The molecule has 21 heavy (non-hydrogen) atoms. The van der Waals surface area contributed by atoms with Crippen LogP contribution in [0.1, 0.15) is 12.0 Å². The van der Waals surface area contributed by atoms with E-state index in [0.29, 0.717) is 19.7 Å². The normalized spacial score (nSPS) is 18.7. The van der Waals surface area contributed by atoms with Crippen molar-refractivity contribution in [3.05, 3.63) is 36.2 Å². The predicted molar refractivity (Wildman–Crippen MR) is 76.2 cm³/mol. The van der Waals surface area contributed by atoms with Gasteiger partial charge in [0.1, 0.15) is 0 Å². The van der Waals surface area contributed by atoms with E-state index in [9.17, 15) is 9.59 Å². The van der Waals surface area contributed by atoms with Crippen molar-refractivity contribution >= 4 is 18.0 Å². The zero-order valence-corrected chi connectivity index (χ0v) is 11.9. The highest BCUT2D eigenvalue weighted by Gasteiger charge is 2.25. The molecule has 1 aliphatic rings. The third-order valence-electron chi connectivity index (χ3n) is 3.18. The largest absolute Gasteiger partial charge is 0.469 e. The number of methoxy groups -OCH3 is 1. The minimum absolute atomic E-state index is 0.1000. The Labute approximate surface area is 123 Å². The van der Waals surface area contributed by atoms with Crippen LogP contribution in [-0.4, -0.2) is 54.7 Å². The average molecular weight is 290 g/mol. The molecule has 1 saturated heterocycles. The van der Waals surface area contributed by atoms with Gasteiger partial charge in [-0.15, -0.1) is 0 Å². The molecule has 1 amide bonds. The standard InChI is InChI=1S/C15H18N2O4/c1-20-15(19)9-13-11-17(7-8-21-13)14(18)5-4-12-3-2-6-16-10-12/h2-6,10,13H,7-9,11H2,1H3/b5-4+. The quantitative estimate of drug-likeness (QED) is 0.608. The van der Waals surface area contributed by atoms with E-state index in [-0.39, 0.29) is 24.4 Å².